The normalized spacial score (nSPS) is 26.3. The van der Waals surface area contributed by atoms with Crippen molar-refractivity contribution < 1.29 is 4.39 Å². The summed E-state index contributed by atoms with van der Waals surface area (Å²) in [4.78, 5) is 3.60. The van der Waals surface area contributed by atoms with E-state index in [2.05, 4.69) is 10.3 Å². The van der Waals surface area contributed by atoms with Crippen molar-refractivity contribution in [2.24, 2.45) is 5.73 Å². The maximum Gasteiger partial charge on any atom is 0.212 e. The lowest BCUT2D eigenvalue weighted by Crippen LogP contribution is -2.34. The summed E-state index contributed by atoms with van der Waals surface area (Å²) < 4.78 is 12.6. The molecule has 0 spiro atoms. The number of pyridine rings is 1. The molecule has 3 nitrogen and oxygen atoms in total. The van der Waals surface area contributed by atoms with Gasteiger partial charge in [-0.3, -0.25) is 0 Å². The molecular weight excluding hydrogens is 193 g/mol. The molecule has 3 N–H and O–H groups in total. The van der Waals surface area contributed by atoms with E-state index in [0.717, 1.165) is 31.4 Å². The van der Waals surface area contributed by atoms with Gasteiger partial charge < -0.3 is 11.1 Å². The molecule has 1 aliphatic rings. The van der Waals surface area contributed by atoms with Gasteiger partial charge in [-0.1, -0.05) is 0 Å². The fraction of sp³-hybridized carbons (Fsp3) is 0.545. The van der Waals surface area contributed by atoms with Crippen molar-refractivity contribution in [3.05, 3.63) is 24.3 Å². The fourth-order valence-corrected chi connectivity index (χ4v) is 2.06. The van der Waals surface area contributed by atoms with E-state index in [1.807, 2.05) is 0 Å². The molecule has 0 radical (unpaired) electrons. The first-order valence-electron chi connectivity index (χ1n) is 5.38. The van der Waals surface area contributed by atoms with Crippen LogP contribution in [0.25, 0.3) is 0 Å². The van der Waals surface area contributed by atoms with E-state index in [1.54, 1.807) is 6.07 Å². The van der Waals surface area contributed by atoms with E-state index in [9.17, 15) is 4.39 Å². The molecule has 1 fully saturated rings. The Bertz CT molecular complexity index is 312. The van der Waals surface area contributed by atoms with Crippen LogP contribution >= 0.6 is 0 Å². The van der Waals surface area contributed by atoms with Crippen LogP contribution in [0.5, 0.6) is 0 Å². The predicted molar refractivity (Wildman–Crippen MR) is 58.0 cm³/mol. The highest BCUT2D eigenvalue weighted by molar-refractivity contribution is 5.41. The summed E-state index contributed by atoms with van der Waals surface area (Å²) in [5.41, 5.74) is 6.76. The topological polar surface area (TPSA) is 50.9 Å². The Balaban J connectivity index is 1.93. The van der Waals surface area contributed by atoms with Gasteiger partial charge in [-0.05, 0) is 37.8 Å². The Kier molecular flexibility index (Phi) is 3.16. The molecule has 2 rings (SSSR count). The molecule has 1 aromatic rings. The number of nitrogens with two attached hydrogens (primary N) is 1. The molecule has 0 bridgehead atoms. The molecule has 0 amide bonds. The zero-order chi connectivity index (χ0) is 10.7. The molecule has 0 aliphatic heterocycles. The van der Waals surface area contributed by atoms with Gasteiger partial charge in [0.2, 0.25) is 5.95 Å². The summed E-state index contributed by atoms with van der Waals surface area (Å²) in [5, 5.41) is 3.33. The highest BCUT2D eigenvalue weighted by Crippen LogP contribution is 2.20. The van der Waals surface area contributed by atoms with Crippen LogP contribution < -0.4 is 11.1 Å². The lowest BCUT2D eigenvalue weighted by Gasteiger charge is -2.27. The van der Waals surface area contributed by atoms with Crippen LogP contribution in [0.2, 0.25) is 0 Å². The number of nitrogens with one attached hydrogen (secondary N) is 1. The largest absolute Gasteiger partial charge is 0.381 e. The maximum atomic E-state index is 12.6. The van der Waals surface area contributed by atoms with Crippen molar-refractivity contribution >= 4 is 5.69 Å². The van der Waals surface area contributed by atoms with Crippen LogP contribution in [0.15, 0.2) is 18.3 Å². The number of rotatable bonds is 2. The molecule has 2 unspecified atom stereocenters. The Morgan fingerprint density at radius 3 is 2.93 bits per heavy atom. The van der Waals surface area contributed by atoms with Gasteiger partial charge in [-0.15, -0.1) is 0 Å². The van der Waals surface area contributed by atoms with Gasteiger partial charge in [-0.2, -0.15) is 4.39 Å². The lowest BCUT2D eigenvalue weighted by molar-refractivity contribution is 0.409. The number of halogens is 1. The minimum absolute atomic E-state index is 0.296. The molecule has 15 heavy (non-hydrogen) atoms. The standard InChI is InChI=1S/C11H16FN3/c12-11-5-4-10(7-14-11)15-9-3-1-2-8(13)6-9/h4-5,7-9,15H,1-3,6,13H2. The van der Waals surface area contributed by atoms with Crippen LogP contribution in [0.4, 0.5) is 10.1 Å². The van der Waals surface area contributed by atoms with Gasteiger partial charge in [0.25, 0.3) is 0 Å². The molecule has 1 heterocycles. The molecule has 0 aromatic carbocycles. The van der Waals surface area contributed by atoms with Gasteiger partial charge >= 0.3 is 0 Å². The van der Waals surface area contributed by atoms with E-state index in [4.69, 9.17) is 5.73 Å². The van der Waals surface area contributed by atoms with Crippen LogP contribution in [-0.4, -0.2) is 17.1 Å². The van der Waals surface area contributed by atoms with Crippen LogP contribution in [0.3, 0.4) is 0 Å². The van der Waals surface area contributed by atoms with Crippen molar-refractivity contribution in [1.29, 1.82) is 0 Å². The second kappa shape index (κ2) is 4.57. The first-order valence-corrected chi connectivity index (χ1v) is 5.38. The molecule has 1 saturated carbocycles. The zero-order valence-electron chi connectivity index (χ0n) is 8.62. The Morgan fingerprint density at radius 1 is 1.40 bits per heavy atom. The van der Waals surface area contributed by atoms with Crippen molar-refractivity contribution in [2.45, 2.75) is 37.8 Å². The Labute approximate surface area is 88.9 Å². The summed E-state index contributed by atoms with van der Waals surface area (Å²) in [6.45, 7) is 0. The summed E-state index contributed by atoms with van der Waals surface area (Å²) >= 11 is 0. The monoisotopic (exact) mass is 209 g/mol. The number of nitrogens with zero attached hydrogens (tertiary/aromatic N) is 1. The zero-order valence-corrected chi connectivity index (χ0v) is 8.62. The number of anilines is 1. The van der Waals surface area contributed by atoms with Gasteiger partial charge in [0.1, 0.15) is 0 Å². The highest BCUT2D eigenvalue weighted by atomic mass is 19.1. The van der Waals surface area contributed by atoms with Crippen LogP contribution in [0, 0.1) is 5.95 Å². The quantitative estimate of drug-likeness (QED) is 0.731. The Morgan fingerprint density at radius 2 is 2.27 bits per heavy atom. The highest BCUT2D eigenvalue weighted by Gasteiger charge is 2.18. The molecule has 1 aliphatic carbocycles. The van der Waals surface area contributed by atoms with E-state index >= 15 is 0 Å². The molecule has 0 saturated heterocycles. The molecule has 2 atom stereocenters. The molecule has 1 aromatic heterocycles. The third kappa shape index (κ3) is 2.89. The van der Waals surface area contributed by atoms with Crippen LogP contribution in [-0.2, 0) is 0 Å². The minimum atomic E-state index is -0.444. The average molecular weight is 209 g/mol. The van der Waals surface area contributed by atoms with Crippen molar-refractivity contribution in [1.82, 2.24) is 4.98 Å². The third-order valence-corrected chi connectivity index (χ3v) is 2.81. The van der Waals surface area contributed by atoms with Gasteiger partial charge in [0.05, 0.1) is 11.9 Å². The lowest BCUT2D eigenvalue weighted by atomic mass is 9.91. The minimum Gasteiger partial charge on any atom is -0.381 e. The van der Waals surface area contributed by atoms with Crippen molar-refractivity contribution in [3.63, 3.8) is 0 Å². The van der Waals surface area contributed by atoms with Gasteiger partial charge in [0.15, 0.2) is 0 Å². The summed E-state index contributed by atoms with van der Waals surface area (Å²) in [7, 11) is 0. The van der Waals surface area contributed by atoms with E-state index < -0.39 is 5.95 Å². The molecule has 82 valence electrons. The summed E-state index contributed by atoms with van der Waals surface area (Å²) in [6.07, 6.45) is 5.91. The van der Waals surface area contributed by atoms with E-state index in [0.29, 0.717) is 12.1 Å². The first kappa shape index (κ1) is 10.4. The summed E-state index contributed by atoms with van der Waals surface area (Å²) in [5.74, 6) is -0.444. The number of aromatic nitrogens is 1. The maximum absolute atomic E-state index is 12.6. The number of hydrogen-bond donors (Lipinski definition) is 2. The molecule has 4 heteroatoms. The first-order chi connectivity index (χ1) is 7.24. The predicted octanol–water partition coefficient (Wildman–Crippen LogP) is 1.90. The van der Waals surface area contributed by atoms with E-state index in [-0.39, 0.29) is 0 Å². The molecular formula is C11H16FN3. The third-order valence-electron chi connectivity index (χ3n) is 2.81. The second-order valence-corrected chi connectivity index (χ2v) is 4.14. The Hall–Kier alpha value is -1.16. The summed E-state index contributed by atoms with van der Waals surface area (Å²) in [6, 6.07) is 3.78. The van der Waals surface area contributed by atoms with E-state index in [1.165, 1.54) is 12.3 Å². The smallest absolute Gasteiger partial charge is 0.212 e. The SMILES string of the molecule is NC1CCCC(Nc2ccc(F)nc2)C1. The van der Waals surface area contributed by atoms with Crippen LogP contribution in [0.1, 0.15) is 25.7 Å². The van der Waals surface area contributed by atoms with Crippen molar-refractivity contribution in [3.8, 4) is 0 Å². The van der Waals surface area contributed by atoms with Gasteiger partial charge in [0, 0.05) is 12.1 Å². The van der Waals surface area contributed by atoms with Crippen molar-refractivity contribution in [2.75, 3.05) is 5.32 Å². The second-order valence-electron chi connectivity index (χ2n) is 4.14. The fourth-order valence-electron chi connectivity index (χ4n) is 2.06. The average Bonchev–Trinajstić information content (AvgIpc) is 2.22. The van der Waals surface area contributed by atoms with Gasteiger partial charge in [-0.25, -0.2) is 4.98 Å². The number of hydrogen-bond acceptors (Lipinski definition) is 3.